The van der Waals surface area contributed by atoms with Gasteiger partial charge in [-0.15, -0.1) is 0 Å². The predicted octanol–water partition coefficient (Wildman–Crippen LogP) is 4.84. The Morgan fingerprint density at radius 3 is 2.40 bits per heavy atom. The van der Waals surface area contributed by atoms with Gasteiger partial charge < -0.3 is 14.8 Å². The summed E-state index contributed by atoms with van der Waals surface area (Å²) in [5.74, 6) is 1.65. The number of ether oxygens (including phenoxy) is 2. The molecule has 0 aliphatic heterocycles. The summed E-state index contributed by atoms with van der Waals surface area (Å²) in [4.78, 5) is 0. The molecule has 106 valence electrons. The lowest BCUT2D eigenvalue weighted by Gasteiger charge is -2.11. The average molecular weight is 401 g/mol. The highest BCUT2D eigenvalue weighted by atomic mass is 79.9. The summed E-state index contributed by atoms with van der Waals surface area (Å²) in [7, 11) is 3.32. The Morgan fingerprint density at radius 1 is 0.950 bits per heavy atom. The quantitative estimate of drug-likeness (QED) is 0.778. The van der Waals surface area contributed by atoms with Crippen LogP contribution in [0.5, 0.6) is 11.5 Å². The van der Waals surface area contributed by atoms with Gasteiger partial charge in [0.1, 0.15) is 11.5 Å². The van der Waals surface area contributed by atoms with Crippen LogP contribution < -0.4 is 14.8 Å². The fourth-order valence-electron chi connectivity index (χ4n) is 1.78. The Balaban J connectivity index is 2.12. The zero-order chi connectivity index (χ0) is 14.5. The number of methoxy groups -OCH3 is 2. The van der Waals surface area contributed by atoms with E-state index in [-0.39, 0.29) is 0 Å². The van der Waals surface area contributed by atoms with E-state index in [9.17, 15) is 0 Å². The van der Waals surface area contributed by atoms with Gasteiger partial charge in [0, 0.05) is 22.8 Å². The molecule has 0 fully saturated rings. The first-order valence-electron chi connectivity index (χ1n) is 6.04. The highest BCUT2D eigenvalue weighted by molar-refractivity contribution is 9.10. The lowest BCUT2D eigenvalue weighted by Crippen LogP contribution is -2.01. The minimum Gasteiger partial charge on any atom is -0.497 e. The molecule has 2 rings (SSSR count). The van der Waals surface area contributed by atoms with E-state index in [4.69, 9.17) is 9.47 Å². The number of nitrogens with one attached hydrogen (secondary N) is 1. The second-order valence-corrected chi connectivity index (χ2v) is 5.87. The molecule has 0 saturated carbocycles. The zero-order valence-corrected chi connectivity index (χ0v) is 14.4. The van der Waals surface area contributed by atoms with Gasteiger partial charge in [0.2, 0.25) is 0 Å². The fraction of sp³-hybridized carbons (Fsp3) is 0.200. The summed E-state index contributed by atoms with van der Waals surface area (Å²) in [5.41, 5.74) is 2.13. The number of anilines is 1. The summed E-state index contributed by atoms with van der Waals surface area (Å²) in [5, 5.41) is 3.37. The Hall–Kier alpha value is -1.20. The third kappa shape index (κ3) is 3.67. The molecule has 2 aromatic carbocycles. The SMILES string of the molecule is COc1ccc(Br)c(CNc2ccc(Br)c(OC)c2)c1. The van der Waals surface area contributed by atoms with Crippen molar-refractivity contribution in [2.75, 3.05) is 19.5 Å². The van der Waals surface area contributed by atoms with E-state index in [1.165, 1.54) is 0 Å². The molecule has 0 aliphatic carbocycles. The fourth-order valence-corrected chi connectivity index (χ4v) is 2.58. The van der Waals surface area contributed by atoms with Gasteiger partial charge in [0.25, 0.3) is 0 Å². The first-order valence-corrected chi connectivity index (χ1v) is 7.62. The lowest BCUT2D eigenvalue weighted by atomic mass is 10.2. The molecule has 2 aromatic rings. The molecule has 0 spiro atoms. The number of hydrogen-bond donors (Lipinski definition) is 1. The summed E-state index contributed by atoms with van der Waals surface area (Å²) in [6, 6.07) is 11.8. The summed E-state index contributed by atoms with van der Waals surface area (Å²) in [6.45, 7) is 0.697. The van der Waals surface area contributed by atoms with Crippen LogP contribution in [0.15, 0.2) is 45.3 Å². The van der Waals surface area contributed by atoms with E-state index in [0.717, 1.165) is 31.7 Å². The molecule has 0 saturated heterocycles. The first kappa shape index (κ1) is 15.2. The zero-order valence-electron chi connectivity index (χ0n) is 11.2. The summed E-state index contributed by atoms with van der Waals surface area (Å²) < 4.78 is 12.5. The summed E-state index contributed by atoms with van der Waals surface area (Å²) >= 11 is 6.99. The Morgan fingerprint density at radius 2 is 1.70 bits per heavy atom. The maximum atomic E-state index is 5.28. The number of hydrogen-bond acceptors (Lipinski definition) is 3. The molecule has 0 aromatic heterocycles. The van der Waals surface area contributed by atoms with Crippen molar-refractivity contribution in [3.63, 3.8) is 0 Å². The van der Waals surface area contributed by atoms with E-state index in [0.29, 0.717) is 6.54 Å². The van der Waals surface area contributed by atoms with E-state index in [1.807, 2.05) is 36.4 Å². The molecule has 5 heteroatoms. The second-order valence-electron chi connectivity index (χ2n) is 4.16. The Bertz CT molecular complexity index is 602. The average Bonchev–Trinajstić information content (AvgIpc) is 2.47. The van der Waals surface area contributed by atoms with Crippen LogP contribution in [0.2, 0.25) is 0 Å². The van der Waals surface area contributed by atoms with Gasteiger partial charge >= 0.3 is 0 Å². The highest BCUT2D eigenvalue weighted by Gasteiger charge is 2.04. The second kappa shape index (κ2) is 6.99. The third-order valence-corrected chi connectivity index (χ3v) is 4.32. The van der Waals surface area contributed by atoms with Gasteiger partial charge in [0.05, 0.1) is 18.7 Å². The smallest absolute Gasteiger partial charge is 0.135 e. The van der Waals surface area contributed by atoms with E-state index in [1.54, 1.807) is 14.2 Å². The van der Waals surface area contributed by atoms with Crippen LogP contribution in [0, 0.1) is 0 Å². The van der Waals surface area contributed by atoms with Crippen LogP contribution >= 0.6 is 31.9 Å². The van der Waals surface area contributed by atoms with E-state index < -0.39 is 0 Å². The minimum atomic E-state index is 0.697. The van der Waals surface area contributed by atoms with Gasteiger partial charge in [-0.1, -0.05) is 15.9 Å². The van der Waals surface area contributed by atoms with Gasteiger partial charge in [-0.2, -0.15) is 0 Å². The number of benzene rings is 2. The monoisotopic (exact) mass is 399 g/mol. The molecule has 0 atom stereocenters. The molecule has 0 bridgehead atoms. The highest BCUT2D eigenvalue weighted by Crippen LogP contribution is 2.29. The summed E-state index contributed by atoms with van der Waals surface area (Å²) in [6.07, 6.45) is 0. The van der Waals surface area contributed by atoms with Crippen molar-refractivity contribution in [1.82, 2.24) is 0 Å². The van der Waals surface area contributed by atoms with Crippen LogP contribution in [-0.4, -0.2) is 14.2 Å². The first-order chi connectivity index (χ1) is 9.63. The largest absolute Gasteiger partial charge is 0.497 e. The van der Waals surface area contributed by atoms with Crippen LogP contribution in [-0.2, 0) is 6.54 Å². The van der Waals surface area contributed by atoms with Crippen molar-refractivity contribution in [3.05, 3.63) is 50.9 Å². The molecule has 0 amide bonds. The number of halogens is 2. The maximum absolute atomic E-state index is 5.28. The molecule has 0 radical (unpaired) electrons. The maximum Gasteiger partial charge on any atom is 0.135 e. The van der Waals surface area contributed by atoms with E-state index >= 15 is 0 Å². The van der Waals surface area contributed by atoms with Gasteiger partial charge in [-0.3, -0.25) is 0 Å². The van der Waals surface area contributed by atoms with Crippen molar-refractivity contribution >= 4 is 37.5 Å². The van der Waals surface area contributed by atoms with Crippen LogP contribution in [0.25, 0.3) is 0 Å². The van der Waals surface area contributed by atoms with Crippen LogP contribution in [0.4, 0.5) is 5.69 Å². The van der Waals surface area contributed by atoms with E-state index in [2.05, 4.69) is 37.2 Å². The lowest BCUT2D eigenvalue weighted by molar-refractivity contribution is 0.412. The van der Waals surface area contributed by atoms with Crippen molar-refractivity contribution < 1.29 is 9.47 Å². The number of rotatable bonds is 5. The molecule has 1 N–H and O–H groups in total. The van der Waals surface area contributed by atoms with Crippen molar-refractivity contribution in [1.29, 1.82) is 0 Å². The molecule has 0 heterocycles. The predicted molar refractivity (Wildman–Crippen MR) is 88.7 cm³/mol. The van der Waals surface area contributed by atoms with Crippen LogP contribution in [0.3, 0.4) is 0 Å². The molecule has 3 nitrogen and oxygen atoms in total. The van der Waals surface area contributed by atoms with Crippen molar-refractivity contribution in [2.45, 2.75) is 6.54 Å². The molecule has 0 aliphatic rings. The normalized spacial score (nSPS) is 10.2. The Labute approximate surface area is 135 Å². The molecular formula is C15H15Br2NO2. The van der Waals surface area contributed by atoms with Crippen molar-refractivity contribution in [3.8, 4) is 11.5 Å². The molecule has 20 heavy (non-hydrogen) atoms. The van der Waals surface area contributed by atoms with Crippen LogP contribution in [0.1, 0.15) is 5.56 Å². The van der Waals surface area contributed by atoms with Crippen molar-refractivity contribution in [2.24, 2.45) is 0 Å². The van der Waals surface area contributed by atoms with Gasteiger partial charge in [-0.25, -0.2) is 0 Å². The van der Waals surface area contributed by atoms with Gasteiger partial charge in [0.15, 0.2) is 0 Å². The third-order valence-electron chi connectivity index (χ3n) is 2.89. The Kier molecular flexibility index (Phi) is 5.31. The molecular weight excluding hydrogens is 386 g/mol. The minimum absolute atomic E-state index is 0.697. The topological polar surface area (TPSA) is 30.5 Å². The standard InChI is InChI=1S/C15H15Br2NO2/c1-19-12-4-6-13(16)10(7-12)9-18-11-3-5-14(17)15(8-11)20-2/h3-8,18H,9H2,1-2H3. The van der Waals surface area contributed by atoms with Gasteiger partial charge in [-0.05, 0) is 51.8 Å². The molecule has 0 unspecified atom stereocenters.